The van der Waals surface area contributed by atoms with Gasteiger partial charge in [-0.15, -0.1) is 12.3 Å². The highest BCUT2D eigenvalue weighted by Crippen LogP contribution is 2.38. The maximum atomic E-state index is 12.3. The molecule has 1 atom stereocenters. The van der Waals surface area contributed by atoms with Gasteiger partial charge in [-0.3, -0.25) is 4.79 Å². The number of nitrogens with zero attached hydrogens (tertiary/aromatic N) is 2. The predicted molar refractivity (Wildman–Crippen MR) is 84.4 cm³/mol. The van der Waals surface area contributed by atoms with Gasteiger partial charge in [-0.05, 0) is 6.07 Å². The second kappa shape index (κ2) is 6.29. The minimum atomic E-state index is -0.518. The topological polar surface area (TPSA) is 72.3 Å². The minimum absolute atomic E-state index is 0.129. The molecule has 23 heavy (non-hydrogen) atoms. The highest BCUT2D eigenvalue weighted by Gasteiger charge is 2.39. The molecule has 0 spiro atoms. The molecule has 0 aliphatic carbocycles. The summed E-state index contributed by atoms with van der Waals surface area (Å²) in [6.45, 7) is 0.504. The van der Waals surface area contributed by atoms with Crippen LogP contribution < -0.4 is 14.8 Å². The van der Waals surface area contributed by atoms with Crippen LogP contribution in [0.25, 0.3) is 0 Å². The lowest BCUT2D eigenvalue weighted by molar-refractivity contribution is -0.127. The summed E-state index contributed by atoms with van der Waals surface area (Å²) in [5.41, 5.74) is 0.615. The molecule has 1 aromatic rings. The van der Waals surface area contributed by atoms with Crippen molar-refractivity contribution >= 4 is 5.91 Å². The number of terminal acetylenes is 1. The summed E-state index contributed by atoms with van der Waals surface area (Å²) in [7, 11) is 1.59. The largest absolute Gasteiger partial charge is 0.493 e. The van der Waals surface area contributed by atoms with Gasteiger partial charge in [0.05, 0.1) is 7.11 Å². The molecule has 6 heteroatoms. The average molecular weight is 313 g/mol. The van der Waals surface area contributed by atoms with Gasteiger partial charge in [0.1, 0.15) is 0 Å². The summed E-state index contributed by atoms with van der Waals surface area (Å²) in [6.07, 6.45) is 7.34. The third kappa shape index (κ3) is 3.29. The lowest BCUT2D eigenvalue weighted by atomic mass is 10.0. The fourth-order valence-corrected chi connectivity index (χ4v) is 2.71. The van der Waals surface area contributed by atoms with E-state index in [0.29, 0.717) is 37.3 Å². The summed E-state index contributed by atoms with van der Waals surface area (Å²) >= 11 is 0. The smallest absolute Gasteiger partial charge is 0.261 e. The van der Waals surface area contributed by atoms with Crippen LogP contribution >= 0.6 is 0 Å². The molecule has 1 N–H and O–H groups in total. The van der Waals surface area contributed by atoms with Gasteiger partial charge in [0.2, 0.25) is 0 Å². The highest BCUT2D eigenvalue weighted by molar-refractivity contribution is 5.82. The standard InChI is InChI=1S/C17H19N3O3/c1-3-4-8-17(19-20-17)9-10-18-16(21)14-11-12-6-5-7-13(22-2)15(12)23-14/h1,5-7,14H,4,8-11H2,2H3,(H,18,21). The lowest BCUT2D eigenvalue weighted by Gasteiger charge is -2.13. The van der Waals surface area contributed by atoms with Gasteiger partial charge in [0.15, 0.2) is 23.3 Å². The number of carbonyl (C=O) groups is 1. The predicted octanol–water partition coefficient (Wildman–Crippen LogP) is 2.08. The Morgan fingerprint density at radius 2 is 2.35 bits per heavy atom. The van der Waals surface area contributed by atoms with Crippen LogP contribution in [0.1, 0.15) is 24.8 Å². The van der Waals surface area contributed by atoms with Crippen LogP contribution in [0.5, 0.6) is 11.5 Å². The van der Waals surface area contributed by atoms with E-state index in [9.17, 15) is 4.79 Å². The van der Waals surface area contributed by atoms with Gasteiger partial charge in [-0.25, -0.2) is 0 Å². The van der Waals surface area contributed by atoms with E-state index in [4.69, 9.17) is 15.9 Å². The van der Waals surface area contributed by atoms with E-state index in [1.807, 2.05) is 18.2 Å². The fourth-order valence-electron chi connectivity index (χ4n) is 2.71. The average Bonchev–Trinajstić information content (AvgIpc) is 3.19. The van der Waals surface area contributed by atoms with E-state index < -0.39 is 6.10 Å². The monoisotopic (exact) mass is 313 g/mol. The van der Waals surface area contributed by atoms with Gasteiger partial charge >= 0.3 is 0 Å². The van der Waals surface area contributed by atoms with Crippen LogP contribution in [0, 0.1) is 12.3 Å². The van der Waals surface area contributed by atoms with E-state index >= 15 is 0 Å². The zero-order valence-electron chi connectivity index (χ0n) is 13.0. The summed E-state index contributed by atoms with van der Waals surface area (Å²) in [4.78, 5) is 12.3. The molecule has 1 amide bonds. The number of carbonyl (C=O) groups excluding carboxylic acids is 1. The first-order chi connectivity index (χ1) is 11.2. The number of hydrogen-bond donors (Lipinski definition) is 1. The van der Waals surface area contributed by atoms with Crippen LogP contribution in [0.4, 0.5) is 0 Å². The van der Waals surface area contributed by atoms with Crippen LogP contribution in [0.3, 0.4) is 0 Å². The zero-order chi connectivity index (χ0) is 16.3. The molecule has 120 valence electrons. The van der Waals surface area contributed by atoms with Crippen molar-refractivity contribution < 1.29 is 14.3 Å². The minimum Gasteiger partial charge on any atom is -0.493 e. The molecule has 2 heterocycles. The van der Waals surface area contributed by atoms with Gasteiger partial charge in [-0.2, -0.15) is 10.2 Å². The summed E-state index contributed by atoms with van der Waals surface area (Å²) in [5.74, 6) is 3.78. The molecule has 2 aliphatic heterocycles. The van der Waals surface area contributed by atoms with Crippen molar-refractivity contribution in [2.24, 2.45) is 10.2 Å². The maximum absolute atomic E-state index is 12.3. The van der Waals surface area contributed by atoms with E-state index in [-0.39, 0.29) is 11.6 Å². The second-order valence-corrected chi connectivity index (χ2v) is 5.69. The molecule has 1 unspecified atom stereocenters. The Morgan fingerprint density at radius 1 is 1.52 bits per heavy atom. The van der Waals surface area contributed by atoms with E-state index in [1.54, 1.807) is 7.11 Å². The van der Waals surface area contributed by atoms with Crippen LogP contribution in [0.15, 0.2) is 28.4 Å². The number of rotatable bonds is 7. The van der Waals surface area contributed by atoms with Crippen molar-refractivity contribution in [1.29, 1.82) is 0 Å². The molecule has 0 fully saturated rings. The summed E-state index contributed by atoms with van der Waals surface area (Å²) in [6, 6.07) is 5.67. The normalized spacial score (nSPS) is 19.4. The molecule has 6 nitrogen and oxygen atoms in total. The van der Waals surface area contributed by atoms with Crippen LogP contribution in [-0.2, 0) is 11.2 Å². The Morgan fingerprint density at radius 3 is 3.04 bits per heavy atom. The molecule has 1 aromatic carbocycles. The van der Waals surface area contributed by atoms with E-state index in [0.717, 1.165) is 12.0 Å². The second-order valence-electron chi connectivity index (χ2n) is 5.69. The maximum Gasteiger partial charge on any atom is 0.261 e. The van der Waals surface area contributed by atoms with E-state index in [1.165, 1.54) is 0 Å². The number of fused-ring (bicyclic) bond motifs is 1. The number of benzene rings is 1. The first-order valence-electron chi connectivity index (χ1n) is 7.65. The SMILES string of the molecule is C#CCCC1(CCNC(=O)C2Cc3cccc(OC)c3O2)N=N1. The quantitative estimate of drug-likeness (QED) is 0.783. The van der Waals surface area contributed by atoms with Gasteiger partial charge < -0.3 is 14.8 Å². The van der Waals surface area contributed by atoms with Crippen molar-refractivity contribution in [2.45, 2.75) is 37.5 Å². The van der Waals surface area contributed by atoms with Gasteiger partial charge in [0, 0.05) is 37.8 Å². The first-order valence-corrected chi connectivity index (χ1v) is 7.65. The Hall–Kier alpha value is -2.55. The Balaban J connectivity index is 1.48. The van der Waals surface area contributed by atoms with Crippen molar-refractivity contribution in [3.05, 3.63) is 23.8 Å². The number of ether oxygens (including phenoxy) is 2. The Labute approximate surface area is 135 Å². The van der Waals surface area contributed by atoms with Crippen LogP contribution in [0.2, 0.25) is 0 Å². The number of amides is 1. The highest BCUT2D eigenvalue weighted by atomic mass is 16.5. The lowest BCUT2D eigenvalue weighted by Crippen LogP contribution is -2.39. The van der Waals surface area contributed by atoms with E-state index in [2.05, 4.69) is 21.5 Å². The number of nitrogens with one attached hydrogen (secondary N) is 1. The number of methoxy groups -OCH3 is 1. The Kier molecular flexibility index (Phi) is 4.20. The number of hydrogen-bond acceptors (Lipinski definition) is 5. The van der Waals surface area contributed by atoms with Crippen molar-refractivity contribution in [2.75, 3.05) is 13.7 Å². The number of para-hydroxylation sites is 1. The van der Waals surface area contributed by atoms with Gasteiger partial charge in [0.25, 0.3) is 5.91 Å². The summed E-state index contributed by atoms with van der Waals surface area (Å²) in [5, 5.41) is 11.0. The third-order valence-corrected chi connectivity index (χ3v) is 4.12. The molecule has 0 saturated heterocycles. The third-order valence-electron chi connectivity index (χ3n) is 4.12. The van der Waals surface area contributed by atoms with Gasteiger partial charge in [-0.1, -0.05) is 12.1 Å². The van der Waals surface area contributed by atoms with Crippen molar-refractivity contribution in [3.8, 4) is 23.8 Å². The molecule has 2 aliphatic rings. The first kappa shape index (κ1) is 15.3. The van der Waals surface area contributed by atoms with Crippen LogP contribution in [-0.4, -0.2) is 31.3 Å². The van der Waals surface area contributed by atoms with Crippen molar-refractivity contribution in [1.82, 2.24) is 5.32 Å². The molecule has 0 radical (unpaired) electrons. The Bertz CT molecular complexity index is 672. The molecule has 0 bridgehead atoms. The molecule has 3 rings (SSSR count). The zero-order valence-corrected chi connectivity index (χ0v) is 13.0. The molecular formula is C17H19N3O3. The fraction of sp³-hybridized carbons (Fsp3) is 0.471. The van der Waals surface area contributed by atoms with Crippen molar-refractivity contribution in [3.63, 3.8) is 0 Å². The summed E-state index contributed by atoms with van der Waals surface area (Å²) < 4.78 is 11.0. The molecule has 0 saturated carbocycles. The molecular weight excluding hydrogens is 294 g/mol. The molecule has 0 aromatic heterocycles.